The Balaban J connectivity index is 1.65. The molecule has 0 aliphatic carbocycles. The van der Waals surface area contributed by atoms with Crippen molar-refractivity contribution in [3.63, 3.8) is 0 Å². The number of aromatic nitrogens is 1. The molecule has 0 spiro atoms. The number of rotatable bonds is 5. The number of amides is 2. The monoisotopic (exact) mass is 448 g/mol. The van der Waals surface area contributed by atoms with E-state index in [1.54, 1.807) is 18.2 Å². The number of hydrogen-bond acceptors (Lipinski definition) is 4. The average Bonchev–Trinajstić information content (AvgIpc) is 3.39. The molecule has 4 rings (SSSR count). The Hall–Kier alpha value is -3.11. The van der Waals surface area contributed by atoms with Crippen LogP contribution >= 0.6 is 0 Å². The van der Waals surface area contributed by atoms with Crippen LogP contribution in [0.2, 0.25) is 0 Å². The van der Waals surface area contributed by atoms with E-state index in [0.29, 0.717) is 29.8 Å². The highest BCUT2D eigenvalue weighted by molar-refractivity contribution is 6.01. The molecule has 2 unspecified atom stereocenters. The smallest absolute Gasteiger partial charge is 0.270 e. The van der Waals surface area contributed by atoms with Crippen molar-refractivity contribution in [2.75, 3.05) is 6.54 Å². The lowest BCUT2D eigenvalue weighted by Crippen LogP contribution is -2.40. The first kappa shape index (κ1) is 23.1. The number of benzene rings is 1. The van der Waals surface area contributed by atoms with Gasteiger partial charge in [0.1, 0.15) is 5.69 Å². The van der Waals surface area contributed by atoms with Crippen molar-refractivity contribution < 1.29 is 14.3 Å². The van der Waals surface area contributed by atoms with Crippen molar-refractivity contribution in [1.82, 2.24) is 14.8 Å². The van der Waals surface area contributed by atoms with Gasteiger partial charge in [0.2, 0.25) is 0 Å². The van der Waals surface area contributed by atoms with E-state index in [2.05, 4.69) is 18.3 Å². The summed E-state index contributed by atoms with van der Waals surface area (Å²) in [6.07, 6.45) is 2.71. The molecule has 7 heteroatoms. The molecule has 1 saturated heterocycles. The van der Waals surface area contributed by atoms with Crippen LogP contribution in [0.4, 0.5) is 0 Å². The minimum Gasteiger partial charge on any atom is -0.367 e. The van der Waals surface area contributed by atoms with Crippen LogP contribution in [0, 0.1) is 11.3 Å². The van der Waals surface area contributed by atoms with Gasteiger partial charge >= 0.3 is 0 Å². The third-order valence-corrected chi connectivity index (χ3v) is 6.78. The number of nitrogens with one attached hydrogen (secondary N) is 1. The van der Waals surface area contributed by atoms with Crippen LogP contribution < -0.4 is 5.32 Å². The summed E-state index contributed by atoms with van der Waals surface area (Å²) in [6.45, 7) is 9.64. The highest BCUT2D eigenvalue weighted by atomic mass is 16.5. The molecule has 33 heavy (non-hydrogen) atoms. The number of fused-ring (bicyclic) bond motifs is 1. The molecule has 1 aromatic heterocycles. The number of carbonyl (C=O) groups is 2. The van der Waals surface area contributed by atoms with Crippen LogP contribution in [-0.4, -0.2) is 39.5 Å². The molecule has 3 heterocycles. The van der Waals surface area contributed by atoms with Crippen LogP contribution in [0.1, 0.15) is 90.7 Å². The van der Waals surface area contributed by atoms with Gasteiger partial charge in [-0.1, -0.05) is 19.1 Å². The van der Waals surface area contributed by atoms with E-state index >= 15 is 0 Å². The lowest BCUT2D eigenvalue weighted by atomic mass is 10.0. The molecule has 0 radical (unpaired) electrons. The van der Waals surface area contributed by atoms with Crippen molar-refractivity contribution in [3.8, 4) is 6.07 Å². The summed E-state index contributed by atoms with van der Waals surface area (Å²) in [7, 11) is 0. The maximum Gasteiger partial charge on any atom is 0.270 e. The number of nitrogens with zero attached hydrogens (tertiary/aromatic N) is 3. The summed E-state index contributed by atoms with van der Waals surface area (Å²) < 4.78 is 7.99. The summed E-state index contributed by atoms with van der Waals surface area (Å²) in [6, 6.07) is 11.1. The molecule has 1 fully saturated rings. The van der Waals surface area contributed by atoms with Crippen LogP contribution in [0.3, 0.4) is 0 Å². The SMILES string of the molecule is CCC(NC(=O)c1cc(C(=O)N2CCCC2C)n2c1COC(C)(C)C2)c1ccc(C#N)cc1. The van der Waals surface area contributed by atoms with Gasteiger partial charge in [-0.15, -0.1) is 0 Å². The predicted molar refractivity (Wildman–Crippen MR) is 125 cm³/mol. The van der Waals surface area contributed by atoms with Gasteiger partial charge in [0.15, 0.2) is 0 Å². The summed E-state index contributed by atoms with van der Waals surface area (Å²) in [5.74, 6) is -0.232. The highest BCUT2D eigenvalue weighted by Gasteiger charge is 2.36. The van der Waals surface area contributed by atoms with Gasteiger partial charge < -0.3 is 19.5 Å². The van der Waals surface area contributed by atoms with Gasteiger partial charge in [-0.05, 0) is 63.8 Å². The normalized spacial score (nSPS) is 20.1. The lowest BCUT2D eigenvalue weighted by molar-refractivity contribution is -0.0632. The maximum absolute atomic E-state index is 13.4. The summed E-state index contributed by atoms with van der Waals surface area (Å²) in [5.41, 5.74) is 2.91. The van der Waals surface area contributed by atoms with E-state index in [0.717, 1.165) is 30.6 Å². The summed E-state index contributed by atoms with van der Waals surface area (Å²) in [4.78, 5) is 28.8. The van der Waals surface area contributed by atoms with Gasteiger partial charge in [-0.2, -0.15) is 5.26 Å². The Morgan fingerprint density at radius 3 is 2.64 bits per heavy atom. The second-order valence-electron chi connectivity index (χ2n) is 9.68. The highest BCUT2D eigenvalue weighted by Crippen LogP contribution is 2.31. The quantitative estimate of drug-likeness (QED) is 0.744. The molecule has 0 bridgehead atoms. The average molecular weight is 449 g/mol. The Kier molecular flexibility index (Phi) is 6.31. The summed E-state index contributed by atoms with van der Waals surface area (Å²) in [5, 5.41) is 12.2. The van der Waals surface area contributed by atoms with E-state index in [4.69, 9.17) is 10.00 Å². The molecule has 2 aliphatic rings. The van der Waals surface area contributed by atoms with Crippen molar-refractivity contribution >= 4 is 11.8 Å². The largest absolute Gasteiger partial charge is 0.367 e. The van der Waals surface area contributed by atoms with Gasteiger partial charge in [0.25, 0.3) is 11.8 Å². The van der Waals surface area contributed by atoms with Gasteiger partial charge in [0.05, 0.1) is 47.7 Å². The van der Waals surface area contributed by atoms with Crippen molar-refractivity contribution in [2.45, 2.75) is 77.8 Å². The molecule has 1 N–H and O–H groups in total. The number of ether oxygens (including phenoxy) is 1. The fourth-order valence-corrected chi connectivity index (χ4v) is 4.82. The number of carbonyl (C=O) groups excluding carboxylic acids is 2. The number of nitriles is 1. The van der Waals surface area contributed by atoms with Crippen LogP contribution in [0.15, 0.2) is 30.3 Å². The first-order chi connectivity index (χ1) is 15.7. The summed E-state index contributed by atoms with van der Waals surface area (Å²) >= 11 is 0. The van der Waals surface area contributed by atoms with E-state index in [1.807, 2.05) is 42.4 Å². The van der Waals surface area contributed by atoms with E-state index in [9.17, 15) is 9.59 Å². The molecule has 2 aromatic rings. The fraction of sp³-hybridized carbons (Fsp3) is 0.500. The molecular formula is C26H32N4O3. The molecule has 174 valence electrons. The van der Waals surface area contributed by atoms with Crippen molar-refractivity contribution in [2.24, 2.45) is 0 Å². The van der Waals surface area contributed by atoms with E-state index < -0.39 is 5.60 Å². The van der Waals surface area contributed by atoms with Gasteiger partial charge in [0, 0.05) is 12.6 Å². The minimum absolute atomic E-state index is 0.0165. The molecular weight excluding hydrogens is 416 g/mol. The van der Waals surface area contributed by atoms with Crippen molar-refractivity contribution in [1.29, 1.82) is 5.26 Å². The zero-order valence-electron chi connectivity index (χ0n) is 19.9. The standard InChI is InChI=1S/C26H32N4O3/c1-5-21(19-10-8-18(14-27)9-11-19)28-24(31)20-13-22(25(32)29-12-6-7-17(29)2)30-16-26(3,4)33-15-23(20)30/h8-11,13,17,21H,5-7,12,15-16H2,1-4H3,(H,28,31). The Morgan fingerprint density at radius 2 is 2.03 bits per heavy atom. The second-order valence-corrected chi connectivity index (χ2v) is 9.68. The first-order valence-corrected chi connectivity index (χ1v) is 11.7. The first-order valence-electron chi connectivity index (χ1n) is 11.7. The van der Waals surface area contributed by atoms with Gasteiger partial charge in [-0.3, -0.25) is 9.59 Å². The zero-order valence-corrected chi connectivity index (χ0v) is 19.9. The second kappa shape index (κ2) is 9.03. The molecule has 7 nitrogen and oxygen atoms in total. The predicted octanol–water partition coefficient (Wildman–Crippen LogP) is 4.17. The lowest BCUT2D eigenvalue weighted by Gasteiger charge is -2.34. The van der Waals surface area contributed by atoms with Crippen LogP contribution in [0.25, 0.3) is 0 Å². The van der Waals surface area contributed by atoms with Crippen LogP contribution in [0.5, 0.6) is 0 Å². The van der Waals surface area contributed by atoms with Crippen LogP contribution in [-0.2, 0) is 17.9 Å². The fourth-order valence-electron chi connectivity index (χ4n) is 4.82. The van der Waals surface area contributed by atoms with Gasteiger partial charge in [-0.25, -0.2) is 0 Å². The van der Waals surface area contributed by atoms with Crippen molar-refractivity contribution in [3.05, 3.63) is 58.4 Å². The molecule has 1 aromatic carbocycles. The topological polar surface area (TPSA) is 87.4 Å². The zero-order chi connectivity index (χ0) is 23.8. The molecule has 2 amide bonds. The Morgan fingerprint density at radius 1 is 1.30 bits per heavy atom. The third kappa shape index (κ3) is 4.53. The minimum atomic E-state index is -0.417. The molecule has 0 saturated carbocycles. The van der Waals surface area contributed by atoms with E-state index in [-0.39, 0.29) is 30.5 Å². The Labute approximate surface area is 195 Å². The Bertz CT molecular complexity index is 1090. The number of hydrogen-bond donors (Lipinski definition) is 1. The third-order valence-electron chi connectivity index (χ3n) is 6.78. The molecule has 2 atom stereocenters. The van der Waals surface area contributed by atoms with E-state index in [1.165, 1.54) is 0 Å². The maximum atomic E-state index is 13.4. The number of likely N-dealkylation sites (tertiary alicyclic amines) is 1. The molecule has 2 aliphatic heterocycles.